The second-order valence-electron chi connectivity index (χ2n) is 7.71. The lowest BCUT2D eigenvalue weighted by atomic mass is 9.81. The summed E-state index contributed by atoms with van der Waals surface area (Å²) >= 11 is 0. The fourth-order valence-electron chi connectivity index (χ4n) is 3.66. The Balaban J connectivity index is 2.34. The van der Waals surface area contributed by atoms with E-state index in [0.717, 1.165) is 0 Å². The average Bonchev–Trinajstić information content (AvgIpc) is 3.35. The molecule has 0 bridgehead atoms. The molecule has 0 aliphatic carbocycles. The van der Waals surface area contributed by atoms with E-state index < -0.39 is 17.5 Å². The smallest absolute Gasteiger partial charge is 0.374 e. The van der Waals surface area contributed by atoms with Crippen LogP contribution in [0.1, 0.15) is 36.1 Å². The van der Waals surface area contributed by atoms with E-state index in [9.17, 15) is 4.79 Å². The van der Waals surface area contributed by atoms with Gasteiger partial charge in [0.05, 0.1) is 45.5 Å². The highest BCUT2D eigenvalue weighted by molar-refractivity contribution is 6.03. The third-order valence-electron chi connectivity index (χ3n) is 5.45. The van der Waals surface area contributed by atoms with Crippen LogP contribution in [0.5, 0.6) is 23.0 Å². The van der Waals surface area contributed by atoms with Crippen LogP contribution in [0.4, 0.5) is 0 Å². The number of methoxy groups -OCH3 is 4. The third-order valence-corrected chi connectivity index (χ3v) is 5.45. The van der Waals surface area contributed by atoms with E-state index in [2.05, 4.69) is 6.58 Å². The minimum Gasteiger partial charge on any atom is -0.496 e. The Morgan fingerprint density at radius 3 is 2.09 bits per heavy atom. The van der Waals surface area contributed by atoms with Crippen LogP contribution in [0.3, 0.4) is 0 Å². The summed E-state index contributed by atoms with van der Waals surface area (Å²) in [7, 11) is 6.26. The molecule has 7 heteroatoms. The predicted octanol–water partition coefficient (Wildman–Crippen LogP) is 5.58. The minimum absolute atomic E-state index is 0.0980. The normalized spacial score (nSPS) is 12.2. The van der Waals surface area contributed by atoms with Gasteiger partial charge in [-0.1, -0.05) is 19.9 Å². The van der Waals surface area contributed by atoms with Gasteiger partial charge in [-0.2, -0.15) is 0 Å². The van der Waals surface area contributed by atoms with Crippen molar-refractivity contribution in [3.63, 3.8) is 0 Å². The molecule has 0 saturated carbocycles. The van der Waals surface area contributed by atoms with E-state index in [4.69, 9.17) is 28.1 Å². The highest BCUT2D eigenvalue weighted by Gasteiger charge is 2.37. The van der Waals surface area contributed by atoms with Crippen LogP contribution in [-0.4, -0.2) is 34.4 Å². The van der Waals surface area contributed by atoms with E-state index in [0.29, 0.717) is 39.3 Å². The molecule has 0 aliphatic rings. The van der Waals surface area contributed by atoms with Crippen molar-refractivity contribution in [3.8, 4) is 23.0 Å². The third kappa shape index (κ3) is 3.98. The summed E-state index contributed by atoms with van der Waals surface area (Å²) in [6.07, 6.45) is 2.37. The van der Waals surface area contributed by atoms with Gasteiger partial charge in [-0.25, -0.2) is 4.79 Å². The molecule has 0 amide bonds. The summed E-state index contributed by atoms with van der Waals surface area (Å²) < 4.78 is 33.9. The molecule has 1 unspecified atom stereocenters. The van der Waals surface area contributed by atoms with Crippen LogP contribution >= 0.6 is 0 Å². The fraction of sp³-hybridized carbons (Fsp3) is 0.320. The van der Waals surface area contributed by atoms with Gasteiger partial charge in [0.25, 0.3) is 0 Å². The van der Waals surface area contributed by atoms with Gasteiger partial charge < -0.3 is 28.1 Å². The second-order valence-corrected chi connectivity index (χ2v) is 7.71. The molecule has 2 aromatic carbocycles. The molecule has 1 atom stereocenters. The van der Waals surface area contributed by atoms with Crippen LogP contribution < -0.4 is 18.9 Å². The molecule has 0 aliphatic heterocycles. The van der Waals surface area contributed by atoms with Crippen molar-refractivity contribution in [2.24, 2.45) is 5.41 Å². The number of fused-ring (bicyclic) bond motifs is 1. The van der Waals surface area contributed by atoms with Crippen LogP contribution in [0.15, 0.2) is 53.7 Å². The van der Waals surface area contributed by atoms with Gasteiger partial charge in [-0.15, -0.1) is 6.58 Å². The molecule has 0 N–H and O–H groups in total. The number of carbonyl (C=O) groups excluding carboxylic acids is 1. The quantitative estimate of drug-likeness (QED) is 0.318. The van der Waals surface area contributed by atoms with Gasteiger partial charge in [-0.3, -0.25) is 0 Å². The molecule has 7 nitrogen and oxygen atoms in total. The van der Waals surface area contributed by atoms with Crippen molar-refractivity contribution in [3.05, 3.63) is 60.6 Å². The maximum atomic E-state index is 12.8. The maximum absolute atomic E-state index is 12.8. The van der Waals surface area contributed by atoms with Gasteiger partial charge in [0.1, 0.15) is 29.1 Å². The van der Waals surface area contributed by atoms with E-state index in [1.807, 2.05) is 13.8 Å². The van der Waals surface area contributed by atoms with E-state index in [1.165, 1.54) is 6.26 Å². The van der Waals surface area contributed by atoms with Crippen molar-refractivity contribution in [1.82, 2.24) is 0 Å². The number of furan rings is 1. The van der Waals surface area contributed by atoms with Gasteiger partial charge in [0.15, 0.2) is 0 Å². The number of ether oxygens (including phenoxy) is 5. The first kappa shape index (κ1) is 23.1. The standard InChI is InChI=1S/C25H28O7/c1-8-25(2,3)23(32-24(26)18-10-9-13-31-18)15-14-19(29-6)20-16(27-4)11-12-17(28-5)21(20)22(15)30-7/h8-14,23H,1H2,2-7H3. The Morgan fingerprint density at radius 1 is 0.969 bits per heavy atom. The Hall–Kier alpha value is -3.61. The number of carbonyl (C=O) groups is 1. The summed E-state index contributed by atoms with van der Waals surface area (Å²) in [5, 5.41) is 1.32. The largest absolute Gasteiger partial charge is 0.496 e. The number of benzene rings is 2. The summed E-state index contributed by atoms with van der Waals surface area (Å²) in [4.78, 5) is 12.8. The SMILES string of the molecule is C=CC(C)(C)C(OC(=O)c1ccco1)c1cc(OC)c2c(OC)ccc(OC)c2c1OC. The first-order valence-electron chi connectivity index (χ1n) is 10.0. The van der Waals surface area contributed by atoms with Crippen LogP contribution in [0, 0.1) is 5.41 Å². The average molecular weight is 440 g/mol. The number of hydrogen-bond acceptors (Lipinski definition) is 7. The Bertz CT molecular complexity index is 1110. The number of rotatable bonds is 9. The van der Waals surface area contributed by atoms with Gasteiger partial charge >= 0.3 is 5.97 Å². The van der Waals surface area contributed by atoms with Gasteiger partial charge in [-0.05, 0) is 30.3 Å². The summed E-state index contributed by atoms with van der Waals surface area (Å²) in [5.41, 5.74) is -0.0754. The van der Waals surface area contributed by atoms with Gasteiger partial charge in [0.2, 0.25) is 5.76 Å². The van der Waals surface area contributed by atoms with Gasteiger partial charge in [0, 0.05) is 11.0 Å². The fourth-order valence-corrected chi connectivity index (χ4v) is 3.66. The molecule has 0 radical (unpaired) electrons. The zero-order valence-electron chi connectivity index (χ0n) is 19.2. The zero-order valence-corrected chi connectivity index (χ0v) is 19.2. The maximum Gasteiger partial charge on any atom is 0.374 e. The highest BCUT2D eigenvalue weighted by Crippen LogP contribution is 2.51. The van der Waals surface area contributed by atoms with Crippen LogP contribution in [0.2, 0.25) is 0 Å². The molecule has 0 spiro atoms. The first-order valence-corrected chi connectivity index (χ1v) is 10.0. The molecule has 170 valence electrons. The zero-order chi connectivity index (χ0) is 23.5. The van der Waals surface area contributed by atoms with E-state index >= 15 is 0 Å². The van der Waals surface area contributed by atoms with E-state index in [1.54, 1.807) is 64.8 Å². The van der Waals surface area contributed by atoms with Crippen molar-refractivity contribution >= 4 is 16.7 Å². The predicted molar refractivity (Wildman–Crippen MR) is 121 cm³/mol. The van der Waals surface area contributed by atoms with Crippen molar-refractivity contribution in [2.75, 3.05) is 28.4 Å². The van der Waals surface area contributed by atoms with Crippen LogP contribution in [-0.2, 0) is 4.74 Å². The lowest BCUT2D eigenvalue weighted by molar-refractivity contribution is -0.000312. The molecular weight excluding hydrogens is 412 g/mol. The second kappa shape index (κ2) is 9.26. The highest BCUT2D eigenvalue weighted by atomic mass is 16.6. The molecular formula is C25H28O7. The minimum atomic E-state index is -0.776. The molecule has 0 saturated heterocycles. The lowest BCUT2D eigenvalue weighted by Gasteiger charge is -2.33. The molecule has 3 aromatic rings. The topological polar surface area (TPSA) is 76.4 Å². The van der Waals surface area contributed by atoms with Crippen molar-refractivity contribution < 1.29 is 32.9 Å². The monoisotopic (exact) mass is 440 g/mol. The molecule has 3 rings (SSSR count). The Kier molecular flexibility index (Phi) is 6.67. The number of esters is 1. The lowest BCUT2D eigenvalue weighted by Crippen LogP contribution is -2.26. The number of hydrogen-bond donors (Lipinski definition) is 0. The summed E-state index contributed by atoms with van der Waals surface area (Å²) in [6, 6.07) is 8.54. The molecule has 32 heavy (non-hydrogen) atoms. The van der Waals surface area contributed by atoms with Crippen molar-refractivity contribution in [2.45, 2.75) is 20.0 Å². The molecule has 1 aromatic heterocycles. The first-order chi connectivity index (χ1) is 15.3. The summed E-state index contributed by atoms with van der Waals surface area (Å²) in [5.74, 6) is 1.64. The van der Waals surface area contributed by atoms with E-state index in [-0.39, 0.29) is 5.76 Å². The molecule has 1 heterocycles. The van der Waals surface area contributed by atoms with Crippen molar-refractivity contribution in [1.29, 1.82) is 0 Å². The molecule has 0 fully saturated rings. The Labute approximate surface area is 187 Å². The van der Waals surface area contributed by atoms with Crippen LogP contribution in [0.25, 0.3) is 10.8 Å². The summed E-state index contributed by atoms with van der Waals surface area (Å²) in [6.45, 7) is 7.77. The Morgan fingerprint density at radius 2 is 1.59 bits per heavy atom.